The van der Waals surface area contributed by atoms with E-state index in [1.54, 1.807) is 0 Å². The Hall–Kier alpha value is -1.06. The zero-order chi connectivity index (χ0) is 17.7. The molecule has 1 aliphatic carbocycles. The second-order valence-corrected chi connectivity index (χ2v) is 7.98. The van der Waals surface area contributed by atoms with Gasteiger partial charge in [0, 0.05) is 5.56 Å². The minimum Gasteiger partial charge on any atom is -0.426 e. The molecule has 0 saturated heterocycles. The van der Waals surface area contributed by atoms with E-state index in [9.17, 15) is 4.79 Å². The average molecular weight is 368 g/mol. The molecule has 0 bridgehead atoms. The highest BCUT2D eigenvalue weighted by atomic mass is 35.5. The number of hydrogen-bond donors (Lipinski definition) is 1. The molecule has 4 heteroatoms. The number of rotatable bonds is 6. The fraction of sp³-hybridized carbons (Fsp3) is 0.667. The largest absolute Gasteiger partial charge is 0.426 e. The molecule has 0 aliphatic heterocycles. The van der Waals surface area contributed by atoms with Crippen LogP contribution in [0.2, 0.25) is 0 Å². The van der Waals surface area contributed by atoms with E-state index in [1.165, 1.54) is 24.8 Å². The molecule has 0 amide bonds. The van der Waals surface area contributed by atoms with Gasteiger partial charge in [-0.15, -0.1) is 12.4 Å². The van der Waals surface area contributed by atoms with Crippen LogP contribution in [-0.4, -0.2) is 12.5 Å². The number of halogens is 1. The van der Waals surface area contributed by atoms with Gasteiger partial charge in [0.1, 0.15) is 5.75 Å². The van der Waals surface area contributed by atoms with Gasteiger partial charge in [-0.1, -0.05) is 59.1 Å². The maximum Gasteiger partial charge on any atom is 0.311 e. The van der Waals surface area contributed by atoms with Crippen molar-refractivity contribution in [1.29, 1.82) is 0 Å². The lowest BCUT2D eigenvalue weighted by molar-refractivity contribution is -0.137. The quantitative estimate of drug-likeness (QED) is 0.529. The van der Waals surface area contributed by atoms with Crippen molar-refractivity contribution in [3.8, 4) is 5.75 Å². The van der Waals surface area contributed by atoms with Gasteiger partial charge in [0.2, 0.25) is 0 Å². The van der Waals surface area contributed by atoms with Crippen molar-refractivity contribution in [2.45, 2.75) is 78.1 Å². The molecule has 0 spiro atoms. The van der Waals surface area contributed by atoms with Gasteiger partial charge >= 0.3 is 5.97 Å². The predicted molar refractivity (Wildman–Crippen MR) is 107 cm³/mol. The second-order valence-electron chi connectivity index (χ2n) is 7.98. The van der Waals surface area contributed by atoms with Gasteiger partial charge < -0.3 is 10.5 Å². The second kappa shape index (κ2) is 9.59. The minimum atomic E-state index is -0.134. The number of esters is 1. The van der Waals surface area contributed by atoms with Crippen molar-refractivity contribution in [3.63, 3.8) is 0 Å². The molecule has 1 aromatic rings. The predicted octanol–water partition coefficient (Wildman–Crippen LogP) is 5.56. The van der Waals surface area contributed by atoms with Crippen LogP contribution in [0.15, 0.2) is 18.2 Å². The third-order valence-electron chi connectivity index (χ3n) is 5.39. The first-order chi connectivity index (χ1) is 11.4. The number of ether oxygens (including phenoxy) is 1. The van der Waals surface area contributed by atoms with Gasteiger partial charge in [0.25, 0.3) is 0 Å². The topological polar surface area (TPSA) is 52.3 Å². The Balaban J connectivity index is 0.00000312. The molecule has 0 aromatic heterocycles. The van der Waals surface area contributed by atoms with Crippen molar-refractivity contribution >= 4 is 18.4 Å². The van der Waals surface area contributed by atoms with Crippen LogP contribution in [0, 0.1) is 5.41 Å². The number of carbonyl (C=O) groups is 1. The van der Waals surface area contributed by atoms with E-state index in [2.05, 4.69) is 33.8 Å². The summed E-state index contributed by atoms with van der Waals surface area (Å²) >= 11 is 0. The van der Waals surface area contributed by atoms with E-state index in [0.29, 0.717) is 24.8 Å². The van der Waals surface area contributed by atoms with Crippen LogP contribution in [-0.2, 0) is 4.79 Å². The molecule has 142 valence electrons. The molecule has 3 nitrogen and oxygen atoms in total. The lowest BCUT2D eigenvalue weighted by Gasteiger charge is -2.35. The summed E-state index contributed by atoms with van der Waals surface area (Å²) in [5, 5.41) is 0. The van der Waals surface area contributed by atoms with E-state index in [-0.39, 0.29) is 23.8 Å². The van der Waals surface area contributed by atoms with Crippen molar-refractivity contribution in [3.05, 3.63) is 29.3 Å². The number of hydrogen-bond acceptors (Lipinski definition) is 3. The molecule has 1 aliphatic rings. The lowest BCUT2D eigenvalue weighted by atomic mass is 9.72. The van der Waals surface area contributed by atoms with E-state index < -0.39 is 0 Å². The first kappa shape index (κ1) is 22.0. The van der Waals surface area contributed by atoms with Gasteiger partial charge in [-0.05, 0) is 48.3 Å². The Kier molecular flexibility index (Phi) is 8.43. The maximum absolute atomic E-state index is 12.6. The molecular weight excluding hydrogens is 334 g/mol. The molecule has 2 N–H and O–H groups in total. The minimum absolute atomic E-state index is 0. The van der Waals surface area contributed by atoms with Crippen molar-refractivity contribution in [2.75, 3.05) is 6.54 Å². The third-order valence-corrected chi connectivity index (χ3v) is 5.39. The van der Waals surface area contributed by atoms with Crippen LogP contribution in [0.3, 0.4) is 0 Å². The van der Waals surface area contributed by atoms with Crippen LogP contribution < -0.4 is 10.5 Å². The number of benzene rings is 1. The molecular formula is C21H34ClNO2. The summed E-state index contributed by atoms with van der Waals surface area (Å²) in [6.45, 7) is 9.24. The molecule has 0 radical (unpaired) electrons. The van der Waals surface area contributed by atoms with Gasteiger partial charge in [-0.25, -0.2) is 0 Å². The normalized spacial score (nSPS) is 16.6. The fourth-order valence-electron chi connectivity index (χ4n) is 3.99. The van der Waals surface area contributed by atoms with Crippen LogP contribution in [0.25, 0.3) is 0 Å². The Labute approximate surface area is 159 Å². The molecule has 0 unspecified atom stereocenters. The SMILES string of the molecule is CC(C)c1cccc(OC(=O)CC2(CN)CCCCC2)c1C(C)C.Cl. The number of nitrogens with two attached hydrogens (primary N) is 1. The lowest BCUT2D eigenvalue weighted by Crippen LogP contribution is -2.36. The third kappa shape index (κ3) is 5.46. The zero-order valence-corrected chi connectivity index (χ0v) is 17.0. The summed E-state index contributed by atoms with van der Waals surface area (Å²) in [7, 11) is 0. The summed E-state index contributed by atoms with van der Waals surface area (Å²) in [5.74, 6) is 1.33. The summed E-state index contributed by atoms with van der Waals surface area (Å²) in [4.78, 5) is 12.6. The van der Waals surface area contributed by atoms with E-state index in [4.69, 9.17) is 10.5 Å². The monoisotopic (exact) mass is 367 g/mol. The highest BCUT2D eigenvalue weighted by Gasteiger charge is 2.34. The van der Waals surface area contributed by atoms with Crippen molar-refractivity contribution in [1.82, 2.24) is 0 Å². The maximum atomic E-state index is 12.6. The van der Waals surface area contributed by atoms with Crippen LogP contribution in [0.5, 0.6) is 5.75 Å². The number of carbonyl (C=O) groups excluding carboxylic acids is 1. The van der Waals surface area contributed by atoms with Crippen LogP contribution in [0.1, 0.15) is 89.2 Å². The van der Waals surface area contributed by atoms with E-state index in [0.717, 1.165) is 24.2 Å². The standard InChI is InChI=1S/C21H33NO2.ClH/c1-15(2)17-9-8-10-18(20(17)16(3)4)24-19(23)13-21(14-22)11-6-5-7-12-21;/h8-10,15-16H,5-7,11-14,22H2,1-4H3;1H. The molecule has 25 heavy (non-hydrogen) atoms. The molecule has 0 atom stereocenters. The average Bonchev–Trinajstić information content (AvgIpc) is 2.55. The first-order valence-electron chi connectivity index (χ1n) is 9.42. The van der Waals surface area contributed by atoms with Gasteiger partial charge in [-0.2, -0.15) is 0 Å². The van der Waals surface area contributed by atoms with Crippen LogP contribution >= 0.6 is 12.4 Å². The van der Waals surface area contributed by atoms with E-state index >= 15 is 0 Å². The smallest absolute Gasteiger partial charge is 0.311 e. The fourth-order valence-corrected chi connectivity index (χ4v) is 3.99. The summed E-state index contributed by atoms with van der Waals surface area (Å²) < 4.78 is 5.83. The van der Waals surface area contributed by atoms with Gasteiger partial charge in [0.05, 0.1) is 6.42 Å². The summed E-state index contributed by atoms with van der Waals surface area (Å²) in [6.07, 6.45) is 6.12. The Morgan fingerprint density at radius 1 is 1.12 bits per heavy atom. The Bertz CT molecular complexity index is 563. The molecule has 2 rings (SSSR count). The van der Waals surface area contributed by atoms with Crippen LogP contribution in [0.4, 0.5) is 0 Å². The Morgan fingerprint density at radius 3 is 2.28 bits per heavy atom. The highest BCUT2D eigenvalue weighted by molar-refractivity contribution is 5.85. The molecule has 1 saturated carbocycles. The Morgan fingerprint density at radius 2 is 1.76 bits per heavy atom. The van der Waals surface area contributed by atoms with Gasteiger partial charge in [-0.3, -0.25) is 4.79 Å². The molecule has 0 heterocycles. The van der Waals surface area contributed by atoms with Crippen molar-refractivity contribution in [2.24, 2.45) is 11.1 Å². The van der Waals surface area contributed by atoms with Crippen molar-refractivity contribution < 1.29 is 9.53 Å². The first-order valence-corrected chi connectivity index (χ1v) is 9.42. The van der Waals surface area contributed by atoms with Gasteiger partial charge in [0.15, 0.2) is 0 Å². The molecule has 1 aromatic carbocycles. The zero-order valence-electron chi connectivity index (χ0n) is 16.1. The highest BCUT2D eigenvalue weighted by Crippen LogP contribution is 2.39. The summed E-state index contributed by atoms with van der Waals surface area (Å²) in [6, 6.07) is 6.05. The van der Waals surface area contributed by atoms with E-state index in [1.807, 2.05) is 12.1 Å². The summed E-state index contributed by atoms with van der Waals surface area (Å²) in [5.41, 5.74) is 8.39. The molecule has 1 fully saturated rings.